The van der Waals surface area contributed by atoms with Gasteiger partial charge in [0.05, 0.1) is 24.3 Å². The summed E-state index contributed by atoms with van der Waals surface area (Å²) in [6.07, 6.45) is 0. The monoisotopic (exact) mass is 340 g/mol. The van der Waals surface area contributed by atoms with E-state index in [4.69, 9.17) is 9.72 Å². The zero-order valence-electron chi connectivity index (χ0n) is 14.6. The molecular weight excluding hydrogens is 316 g/mol. The number of aromatic nitrogens is 1. The van der Waals surface area contributed by atoms with Crippen molar-refractivity contribution >= 4 is 22.6 Å². The lowest BCUT2D eigenvalue weighted by Crippen LogP contribution is -2.45. The predicted octanol–water partition coefficient (Wildman–Crippen LogP) is 1.46. The minimum Gasteiger partial charge on any atom is -0.378 e. The Hall–Kier alpha value is -2.18. The summed E-state index contributed by atoms with van der Waals surface area (Å²) in [6.45, 7) is 6.43. The third-order valence-corrected chi connectivity index (χ3v) is 5.06. The molecule has 0 saturated carbocycles. The number of anilines is 1. The molecule has 0 radical (unpaired) electrons. The Bertz CT molecular complexity index is 765. The lowest BCUT2D eigenvalue weighted by molar-refractivity contribution is 0.0304. The Balaban J connectivity index is 1.72. The molecule has 0 bridgehead atoms. The number of para-hydroxylation sites is 1. The maximum absolute atomic E-state index is 13.1. The SMILES string of the molecule is CN1CCN(c2cc(C(=O)N3CCOCC3)c3ccccc3n2)CC1. The Morgan fingerprint density at radius 1 is 1.04 bits per heavy atom. The number of hydrogen-bond acceptors (Lipinski definition) is 5. The molecule has 0 aliphatic carbocycles. The largest absolute Gasteiger partial charge is 0.378 e. The van der Waals surface area contributed by atoms with Crippen molar-refractivity contribution in [3.05, 3.63) is 35.9 Å². The molecular formula is C19H24N4O2. The first-order valence-electron chi connectivity index (χ1n) is 8.93. The van der Waals surface area contributed by atoms with Crippen LogP contribution in [0.4, 0.5) is 5.82 Å². The maximum atomic E-state index is 13.1. The molecule has 6 nitrogen and oxygen atoms in total. The number of carbonyl (C=O) groups excluding carboxylic acids is 1. The van der Waals surface area contributed by atoms with Crippen molar-refractivity contribution < 1.29 is 9.53 Å². The van der Waals surface area contributed by atoms with Crippen molar-refractivity contribution in [1.29, 1.82) is 0 Å². The first-order valence-corrected chi connectivity index (χ1v) is 8.93. The van der Waals surface area contributed by atoms with Crippen LogP contribution in [0.25, 0.3) is 10.9 Å². The average molecular weight is 340 g/mol. The Morgan fingerprint density at radius 3 is 2.52 bits per heavy atom. The third-order valence-electron chi connectivity index (χ3n) is 5.06. The molecule has 3 heterocycles. The van der Waals surface area contributed by atoms with Crippen LogP contribution in [-0.2, 0) is 4.74 Å². The molecule has 0 unspecified atom stereocenters. The highest BCUT2D eigenvalue weighted by Gasteiger charge is 2.23. The molecule has 1 aromatic carbocycles. The number of pyridine rings is 1. The van der Waals surface area contributed by atoms with Crippen molar-refractivity contribution in [1.82, 2.24) is 14.8 Å². The summed E-state index contributed by atoms with van der Waals surface area (Å²) in [5, 5.41) is 0.928. The van der Waals surface area contributed by atoms with Gasteiger partial charge in [-0.2, -0.15) is 0 Å². The van der Waals surface area contributed by atoms with E-state index in [9.17, 15) is 4.79 Å². The van der Waals surface area contributed by atoms with Gasteiger partial charge in [0, 0.05) is 44.7 Å². The van der Waals surface area contributed by atoms with Crippen molar-refractivity contribution in [3.63, 3.8) is 0 Å². The summed E-state index contributed by atoms with van der Waals surface area (Å²) in [7, 11) is 2.14. The number of ether oxygens (including phenoxy) is 1. The molecule has 1 amide bonds. The van der Waals surface area contributed by atoms with Crippen LogP contribution in [0.5, 0.6) is 0 Å². The summed E-state index contributed by atoms with van der Waals surface area (Å²) in [6, 6.07) is 9.90. The molecule has 2 saturated heterocycles. The van der Waals surface area contributed by atoms with Crippen LogP contribution < -0.4 is 4.90 Å². The molecule has 2 aliphatic rings. The topological polar surface area (TPSA) is 48.9 Å². The number of nitrogens with zero attached hydrogens (tertiary/aromatic N) is 4. The van der Waals surface area contributed by atoms with E-state index in [2.05, 4.69) is 16.8 Å². The van der Waals surface area contributed by atoms with Gasteiger partial charge in [-0.15, -0.1) is 0 Å². The minimum atomic E-state index is 0.0808. The van der Waals surface area contributed by atoms with E-state index in [1.807, 2.05) is 35.2 Å². The first-order chi connectivity index (χ1) is 12.2. The van der Waals surface area contributed by atoms with Crippen LogP contribution in [0.1, 0.15) is 10.4 Å². The van der Waals surface area contributed by atoms with Crippen molar-refractivity contribution in [2.45, 2.75) is 0 Å². The molecule has 1 aromatic heterocycles. The molecule has 0 atom stereocenters. The van der Waals surface area contributed by atoms with Crippen LogP contribution in [0.15, 0.2) is 30.3 Å². The van der Waals surface area contributed by atoms with Gasteiger partial charge >= 0.3 is 0 Å². The Morgan fingerprint density at radius 2 is 1.76 bits per heavy atom. The average Bonchev–Trinajstić information content (AvgIpc) is 2.68. The van der Waals surface area contributed by atoms with Gasteiger partial charge in [0.15, 0.2) is 0 Å². The fourth-order valence-electron chi connectivity index (χ4n) is 3.47. The molecule has 2 aliphatic heterocycles. The summed E-state index contributed by atoms with van der Waals surface area (Å²) in [5.74, 6) is 0.987. The van der Waals surface area contributed by atoms with Gasteiger partial charge in [-0.1, -0.05) is 18.2 Å². The number of benzene rings is 1. The van der Waals surface area contributed by atoms with E-state index in [-0.39, 0.29) is 5.91 Å². The van der Waals surface area contributed by atoms with Gasteiger partial charge in [-0.25, -0.2) is 4.98 Å². The summed E-state index contributed by atoms with van der Waals surface area (Å²) < 4.78 is 5.38. The van der Waals surface area contributed by atoms with Gasteiger partial charge in [-0.3, -0.25) is 4.79 Å². The van der Waals surface area contributed by atoms with Crippen molar-refractivity contribution in [2.24, 2.45) is 0 Å². The van der Waals surface area contributed by atoms with Crippen molar-refractivity contribution in [2.75, 3.05) is 64.4 Å². The van der Waals surface area contributed by atoms with Crippen LogP contribution in [0.3, 0.4) is 0 Å². The van der Waals surface area contributed by atoms with E-state index >= 15 is 0 Å². The number of rotatable bonds is 2. The molecule has 0 N–H and O–H groups in total. The van der Waals surface area contributed by atoms with Crippen molar-refractivity contribution in [3.8, 4) is 0 Å². The standard InChI is InChI=1S/C19H24N4O2/c1-21-6-8-22(9-7-21)18-14-16(15-4-2-3-5-17(15)20-18)19(24)23-10-12-25-13-11-23/h2-5,14H,6-13H2,1H3. The highest BCUT2D eigenvalue weighted by molar-refractivity contribution is 6.07. The molecule has 6 heteroatoms. The number of fused-ring (bicyclic) bond motifs is 1. The zero-order valence-corrected chi connectivity index (χ0v) is 14.6. The van der Waals surface area contributed by atoms with Crippen LogP contribution >= 0.6 is 0 Å². The number of morpholine rings is 1. The predicted molar refractivity (Wildman–Crippen MR) is 98.2 cm³/mol. The van der Waals surface area contributed by atoms with Crippen LogP contribution in [-0.4, -0.2) is 80.2 Å². The maximum Gasteiger partial charge on any atom is 0.254 e. The summed E-state index contributed by atoms with van der Waals surface area (Å²) in [5.41, 5.74) is 1.64. The summed E-state index contributed by atoms with van der Waals surface area (Å²) in [4.78, 5) is 24.4. The number of hydrogen-bond donors (Lipinski definition) is 0. The first kappa shape index (κ1) is 16.3. The second-order valence-electron chi connectivity index (χ2n) is 6.74. The van der Waals surface area contributed by atoms with Crippen LogP contribution in [0, 0.1) is 0 Å². The third kappa shape index (κ3) is 3.32. The number of piperazine rings is 1. The molecule has 25 heavy (non-hydrogen) atoms. The van der Waals surface area contributed by atoms with E-state index < -0.39 is 0 Å². The minimum absolute atomic E-state index is 0.0808. The smallest absolute Gasteiger partial charge is 0.254 e. The zero-order chi connectivity index (χ0) is 17.2. The Labute approximate surface area is 148 Å². The highest BCUT2D eigenvalue weighted by atomic mass is 16.5. The van der Waals surface area contributed by atoms with E-state index in [0.29, 0.717) is 26.3 Å². The van der Waals surface area contributed by atoms with Gasteiger partial charge in [-0.05, 0) is 19.2 Å². The lowest BCUT2D eigenvalue weighted by Gasteiger charge is -2.34. The van der Waals surface area contributed by atoms with E-state index in [1.165, 1.54) is 0 Å². The van der Waals surface area contributed by atoms with Gasteiger partial charge in [0.25, 0.3) is 5.91 Å². The molecule has 2 fully saturated rings. The molecule has 132 valence electrons. The second-order valence-corrected chi connectivity index (χ2v) is 6.74. The fourth-order valence-corrected chi connectivity index (χ4v) is 3.47. The summed E-state index contributed by atoms with van der Waals surface area (Å²) >= 11 is 0. The van der Waals surface area contributed by atoms with Crippen LogP contribution in [0.2, 0.25) is 0 Å². The molecule has 4 rings (SSSR count). The highest BCUT2D eigenvalue weighted by Crippen LogP contribution is 2.25. The van der Waals surface area contributed by atoms with E-state index in [1.54, 1.807) is 0 Å². The number of carbonyl (C=O) groups is 1. The second kappa shape index (κ2) is 6.98. The van der Waals surface area contributed by atoms with Gasteiger partial charge in [0.1, 0.15) is 5.82 Å². The Kier molecular flexibility index (Phi) is 4.55. The fraction of sp³-hybridized carbons (Fsp3) is 0.474. The molecule has 2 aromatic rings. The molecule has 0 spiro atoms. The number of likely N-dealkylation sites (N-methyl/N-ethyl adjacent to an activating group) is 1. The van der Waals surface area contributed by atoms with Gasteiger partial charge < -0.3 is 19.4 Å². The van der Waals surface area contributed by atoms with Gasteiger partial charge in [0.2, 0.25) is 0 Å². The normalized spacial score (nSPS) is 19.4. The lowest BCUT2D eigenvalue weighted by atomic mass is 10.1. The number of amides is 1. The quantitative estimate of drug-likeness (QED) is 0.828. The van der Waals surface area contributed by atoms with E-state index in [0.717, 1.165) is 48.5 Å².